The van der Waals surface area contributed by atoms with Crippen molar-refractivity contribution in [1.29, 1.82) is 0 Å². The first-order chi connectivity index (χ1) is 14.9. The van der Waals surface area contributed by atoms with E-state index >= 15 is 0 Å². The topological polar surface area (TPSA) is 27.7 Å². The van der Waals surface area contributed by atoms with E-state index in [1.165, 1.54) is 96.4 Å². The van der Waals surface area contributed by atoms with Gasteiger partial charge >= 0.3 is 8.80 Å². The van der Waals surface area contributed by atoms with Gasteiger partial charge in [0.2, 0.25) is 0 Å². The minimum Gasteiger partial charge on any atom is -1.00 e. The molecule has 0 aliphatic rings. The molecule has 0 spiro atoms. The summed E-state index contributed by atoms with van der Waals surface area (Å²) in [7, 11) is 7.39. The summed E-state index contributed by atoms with van der Waals surface area (Å²) < 4.78 is 18.7. The first kappa shape index (κ1) is 38.1. The molecule has 204 valence electrons. The molecular weight excluding hydrogens is 466 g/mol. The lowest BCUT2D eigenvalue weighted by molar-refractivity contribution is -0.890. The van der Waals surface area contributed by atoms with E-state index in [-0.39, 0.29) is 23.4 Å². The minimum absolute atomic E-state index is 0. The molecular formula is C26H62ClNO3Si2. The van der Waals surface area contributed by atoms with Gasteiger partial charge in [0, 0.05) is 33.3 Å². The number of quaternary nitrogens is 1. The summed E-state index contributed by atoms with van der Waals surface area (Å²) in [6.07, 6.45) is 21.6. The fraction of sp³-hybridized carbons (Fsp3) is 1.00. The Morgan fingerprint density at radius 3 is 1.33 bits per heavy atom. The van der Waals surface area contributed by atoms with Gasteiger partial charge in [-0.2, -0.15) is 0 Å². The van der Waals surface area contributed by atoms with Gasteiger partial charge in [-0.1, -0.05) is 97.3 Å². The van der Waals surface area contributed by atoms with Gasteiger partial charge in [0.05, 0.1) is 27.2 Å². The predicted octanol–water partition coefficient (Wildman–Crippen LogP) is 3.14. The number of nitrogens with zero attached hydrogens (tertiary/aromatic N) is 1. The number of rotatable bonds is 23. The highest BCUT2D eigenvalue weighted by Crippen LogP contribution is 2.33. The van der Waals surface area contributed by atoms with Gasteiger partial charge in [-0.25, -0.2) is 0 Å². The van der Waals surface area contributed by atoms with Crippen LogP contribution in [-0.4, -0.2) is 72.8 Å². The van der Waals surface area contributed by atoms with E-state index < -0.39 is 8.80 Å². The van der Waals surface area contributed by atoms with Crippen LogP contribution < -0.4 is 12.4 Å². The average molecular weight is 528 g/mol. The minimum atomic E-state index is -2.58. The summed E-state index contributed by atoms with van der Waals surface area (Å²) >= 11 is 0. The zero-order chi connectivity index (χ0) is 23.4. The van der Waals surface area contributed by atoms with E-state index in [2.05, 4.69) is 27.9 Å². The normalized spacial score (nSPS) is 12.8. The zero-order valence-electron chi connectivity index (χ0n) is 22.9. The van der Waals surface area contributed by atoms with Crippen molar-refractivity contribution in [2.45, 2.75) is 122 Å². The Morgan fingerprint density at radius 1 is 0.576 bits per heavy atom. The molecule has 0 aromatic rings. The second-order valence-corrected chi connectivity index (χ2v) is 13.4. The molecule has 0 aromatic carbocycles. The SMILES string of the molecule is CCCCCCCCCCCCCCCC(CC[N+](C)(C)CCC)[Si](OC)(OC)OC.[Cl-].[SiH4]. The molecule has 0 aromatic heterocycles. The molecule has 0 aliphatic carbocycles. The van der Waals surface area contributed by atoms with E-state index in [0.717, 1.165) is 23.9 Å². The Balaban J connectivity index is -0.00000450. The van der Waals surface area contributed by atoms with Gasteiger partial charge in [-0.15, -0.1) is 0 Å². The van der Waals surface area contributed by atoms with E-state index in [9.17, 15) is 0 Å². The molecule has 7 heteroatoms. The van der Waals surface area contributed by atoms with Gasteiger partial charge in [0.1, 0.15) is 0 Å². The first-order valence-corrected chi connectivity index (χ1v) is 15.2. The smallest absolute Gasteiger partial charge is 0.503 e. The fourth-order valence-corrected chi connectivity index (χ4v) is 7.42. The predicted molar refractivity (Wildman–Crippen MR) is 149 cm³/mol. The quantitative estimate of drug-likeness (QED) is 0.116. The second kappa shape index (κ2) is 24.3. The Kier molecular flexibility index (Phi) is 28.0. The van der Waals surface area contributed by atoms with Crippen LogP contribution in [0.15, 0.2) is 0 Å². The lowest BCUT2D eigenvalue weighted by atomic mass is 10.0. The zero-order valence-corrected chi connectivity index (χ0v) is 24.6. The van der Waals surface area contributed by atoms with E-state index in [1.807, 2.05) is 0 Å². The molecule has 4 nitrogen and oxygen atoms in total. The third kappa shape index (κ3) is 18.5. The van der Waals surface area contributed by atoms with E-state index in [4.69, 9.17) is 13.3 Å². The summed E-state index contributed by atoms with van der Waals surface area (Å²) in [6.45, 7) is 6.93. The molecule has 0 saturated heterocycles. The monoisotopic (exact) mass is 527 g/mol. The molecule has 0 bridgehead atoms. The molecule has 1 unspecified atom stereocenters. The van der Waals surface area contributed by atoms with Gasteiger partial charge in [-0.3, -0.25) is 0 Å². The molecule has 0 amide bonds. The second-order valence-electron chi connectivity index (χ2n) is 10.1. The van der Waals surface area contributed by atoms with Crippen LogP contribution in [0, 0.1) is 0 Å². The lowest BCUT2D eigenvalue weighted by Gasteiger charge is -2.36. The maximum Gasteiger partial charge on any atom is 0.503 e. The van der Waals surface area contributed by atoms with Crippen LogP contribution in [0.4, 0.5) is 0 Å². The number of hydrogen-bond donors (Lipinski definition) is 0. The largest absolute Gasteiger partial charge is 1.00 e. The Morgan fingerprint density at radius 2 is 0.970 bits per heavy atom. The average Bonchev–Trinajstić information content (AvgIpc) is 2.76. The molecule has 0 heterocycles. The van der Waals surface area contributed by atoms with Gasteiger partial charge in [0.25, 0.3) is 0 Å². The third-order valence-electron chi connectivity index (χ3n) is 6.92. The summed E-state index contributed by atoms with van der Waals surface area (Å²) in [5.41, 5.74) is 0.398. The van der Waals surface area contributed by atoms with E-state index in [0.29, 0.717) is 5.54 Å². The highest BCUT2D eigenvalue weighted by molar-refractivity contribution is 6.62. The van der Waals surface area contributed by atoms with Crippen LogP contribution in [0.1, 0.15) is 117 Å². The van der Waals surface area contributed by atoms with Gasteiger partial charge in [0.15, 0.2) is 0 Å². The Bertz CT molecular complexity index is 391. The van der Waals surface area contributed by atoms with E-state index in [1.54, 1.807) is 21.3 Å². The molecule has 0 rings (SSSR count). The maximum atomic E-state index is 5.88. The van der Waals surface area contributed by atoms with Crippen molar-refractivity contribution in [3.8, 4) is 0 Å². The Labute approximate surface area is 220 Å². The van der Waals surface area contributed by atoms with Crippen LogP contribution in [0.25, 0.3) is 0 Å². The van der Waals surface area contributed by atoms with Crippen molar-refractivity contribution in [2.24, 2.45) is 0 Å². The Hall–Kier alpha value is 0.564. The summed E-state index contributed by atoms with van der Waals surface area (Å²) in [4.78, 5) is 0. The highest BCUT2D eigenvalue weighted by Gasteiger charge is 2.47. The molecule has 1 atom stereocenters. The van der Waals surface area contributed by atoms with Gasteiger partial charge in [-0.05, 0) is 23.8 Å². The molecule has 0 saturated carbocycles. The summed E-state index contributed by atoms with van der Waals surface area (Å²) in [5.74, 6) is 0. The van der Waals surface area contributed by atoms with Crippen LogP contribution in [0.3, 0.4) is 0 Å². The van der Waals surface area contributed by atoms with Crippen LogP contribution in [0.5, 0.6) is 0 Å². The van der Waals surface area contributed by atoms with Crippen LogP contribution in [0.2, 0.25) is 5.54 Å². The van der Waals surface area contributed by atoms with Crippen molar-refractivity contribution >= 4 is 19.8 Å². The standard InChI is InChI=1S/C26H58NO3Si.ClH.H4Si/c1-8-10-11-12-13-14-15-16-17-18-19-20-21-22-26(31(28-5,29-6)30-7)23-25-27(3,4)24-9-2;;/h26H,8-25H2,1-7H3;1H;1H4/q+1;;/p-1. The van der Waals surface area contributed by atoms with Crippen LogP contribution in [-0.2, 0) is 13.3 Å². The van der Waals surface area contributed by atoms with Gasteiger partial charge < -0.3 is 30.2 Å². The summed E-state index contributed by atoms with van der Waals surface area (Å²) in [6, 6.07) is 0. The third-order valence-corrected chi connectivity index (χ3v) is 10.2. The molecule has 0 aliphatic heterocycles. The lowest BCUT2D eigenvalue weighted by Crippen LogP contribution is -3.00. The summed E-state index contributed by atoms with van der Waals surface area (Å²) in [5, 5.41) is 0. The van der Waals surface area contributed by atoms with Crippen molar-refractivity contribution in [1.82, 2.24) is 0 Å². The highest BCUT2D eigenvalue weighted by atomic mass is 35.5. The first-order valence-electron chi connectivity index (χ1n) is 13.4. The number of halogens is 1. The van der Waals surface area contributed by atoms with Crippen molar-refractivity contribution in [3.63, 3.8) is 0 Å². The van der Waals surface area contributed by atoms with Crippen molar-refractivity contribution in [2.75, 3.05) is 48.5 Å². The molecule has 33 heavy (non-hydrogen) atoms. The number of unbranched alkanes of at least 4 members (excludes halogenated alkanes) is 12. The van der Waals surface area contributed by atoms with Crippen molar-refractivity contribution < 1.29 is 30.2 Å². The fourth-order valence-electron chi connectivity index (χ4n) is 4.88. The molecule has 0 fully saturated rings. The van der Waals surface area contributed by atoms with Crippen molar-refractivity contribution in [3.05, 3.63) is 0 Å². The molecule has 0 radical (unpaired) electrons. The number of hydrogen-bond acceptors (Lipinski definition) is 3. The molecule has 0 N–H and O–H groups in total. The van der Waals surface area contributed by atoms with Crippen LogP contribution >= 0.6 is 0 Å². The maximum absolute atomic E-state index is 5.88.